The number of alkyl halides is 3. The number of benzene rings is 1. The number of nitrogens with one attached hydrogen (secondary N) is 1. The highest BCUT2D eigenvalue weighted by atomic mass is 19.4. The van der Waals surface area contributed by atoms with E-state index in [2.05, 4.69) is 25.3 Å². The number of primary amides is 1. The highest BCUT2D eigenvalue weighted by molar-refractivity contribution is 6.35. The molecule has 5 N–H and O–H groups in total. The zero-order chi connectivity index (χ0) is 30.5. The zero-order valence-electron chi connectivity index (χ0n) is 21.6. The third kappa shape index (κ3) is 4.96. The van der Waals surface area contributed by atoms with E-state index in [9.17, 15) is 37.8 Å². The van der Waals surface area contributed by atoms with Crippen LogP contribution in [-0.2, 0) is 9.59 Å². The maximum atomic E-state index is 12.9. The molecular weight excluding hydrogens is 567 g/mol. The molecule has 1 aliphatic rings. The number of rotatable bonds is 8. The van der Waals surface area contributed by atoms with Gasteiger partial charge in [0.25, 0.3) is 11.8 Å². The number of aliphatic hydroxyl groups is 1. The van der Waals surface area contributed by atoms with Gasteiger partial charge in [0, 0.05) is 28.8 Å². The summed E-state index contributed by atoms with van der Waals surface area (Å²) in [7, 11) is 0. The SMILES string of the molecule is Cc1c(C(=O)O)c(C)n(C(On2nnc3cccnc32)C(O)C(N)=O)c1/C=C1\C(=O)Nc2ccc(OC(F)(F)F)cc21. The first-order valence-corrected chi connectivity index (χ1v) is 12.0. The van der Waals surface area contributed by atoms with Gasteiger partial charge in [-0.25, -0.2) is 9.78 Å². The van der Waals surface area contributed by atoms with E-state index in [0.29, 0.717) is 0 Å². The lowest BCUT2D eigenvalue weighted by Crippen LogP contribution is -2.43. The van der Waals surface area contributed by atoms with E-state index in [1.165, 1.54) is 32.2 Å². The number of nitrogens with zero attached hydrogens (tertiary/aromatic N) is 5. The molecule has 4 aromatic rings. The number of fused-ring (bicyclic) bond motifs is 2. The molecule has 0 spiro atoms. The number of halogens is 3. The maximum Gasteiger partial charge on any atom is 0.573 e. The van der Waals surface area contributed by atoms with Crippen LogP contribution in [0.2, 0.25) is 0 Å². The van der Waals surface area contributed by atoms with Crippen LogP contribution in [0.5, 0.6) is 5.75 Å². The second-order valence-electron chi connectivity index (χ2n) is 9.06. The second kappa shape index (κ2) is 10.2. The van der Waals surface area contributed by atoms with Crippen LogP contribution in [0.15, 0.2) is 36.5 Å². The fourth-order valence-electron chi connectivity index (χ4n) is 4.65. The van der Waals surface area contributed by atoms with Crippen molar-refractivity contribution in [3.63, 3.8) is 0 Å². The molecule has 0 saturated carbocycles. The van der Waals surface area contributed by atoms with Gasteiger partial charge in [0.05, 0.1) is 11.1 Å². The van der Waals surface area contributed by atoms with Crippen LogP contribution in [0, 0.1) is 13.8 Å². The lowest BCUT2D eigenvalue weighted by molar-refractivity contribution is -0.274. The summed E-state index contributed by atoms with van der Waals surface area (Å²) in [5.74, 6) is -3.97. The van der Waals surface area contributed by atoms with Gasteiger partial charge < -0.3 is 35.4 Å². The molecule has 0 radical (unpaired) electrons. The van der Waals surface area contributed by atoms with E-state index in [1.807, 2.05) is 0 Å². The normalized spacial score (nSPS) is 15.4. The fraction of sp³-hybridized carbons (Fsp3) is 0.200. The number of aromatic carboxylic acids is 1. The number of ether oxygens (including phenoxy) is 1. The van der Waals surface area contributed by atoms with Crippen LogP contribution in [0.3, 0.4) is 0 Å². The summed E-state index contributed by atoms with van der Waals surface area (Å²) in [4.78, 5) is 48.1. The molecule has 14 nitrogen and oxygen atoms in total. The number of amides is 2. The van der Waals surface area contributed by atoms with Gasteiger partial charge in [-0.15, -0.1) is 18.3 Å². The number of carbonyl (C=O) groups excluding carboxylic acids is 2. The van der Waals surface area contributed by atoms with E-state index in [4.69, 9.17) is 10.6 Å². The van der Waals surface area contributed by atoms with E-state index in [0.717, 1.165) is 21.5 Å². The second-order valence-corrected chi connectivity index (χ2v) is 9.06. The zero-order valence-corrected chi connectivity index (χ0v) is 21.6. The number of aromatic nitrogens is 5. The molecule has 0 aliphatic carbocycles. The van der Waals surface area contributed by atoms with E-state index < -0.39 is 42.2 Å². The largest absolute Gasteiger partial charge is 0.573 e. The third-order valence-corrected chi connectivity index (χ3v) is 6.45. The van der Waals surface area contributed by atoms with Crippen LogP contribution in [0.25, 0.3) is 22.8 Å². The Morgan fingerprint density at radius 3 is 2.62 bits per heavy atom. The maximum absolute atomic E-state index is 12.9. The van der Waals surface area contributed by atoms with E-state index in [-0.39, 0.29) is 50.5 Å². The van der Waals surface area contributed by atoms with Gasteiger partial charge in [0.2, 0.25) is 11.9 Å². The average molecular weight is 587 g/mol. The predicted octanol–water partition coefficient (Wildman–Crippen LogP) is 1.81. The number of hydrogen-bond acceptors (Lipinski definition) is 9. The Morgan fingerprint density at radius 1 is 1.21 bits per heavy atom. The van der Waals surface area contributed by atoms with Crippen molar-refractivity contribution in [2.45, 2.75) is 32.5 Å². The van der Waals surface area contributed by atoms with Gasteiger partial charge in [-0.05, 0) is 61.0 Å². The third-order valence-electron chi connectivity index (χ3n) is 6.45. The number of pyridine rings is 1. The summed E-state index contributed by atoms with van der Waals surface area (Å²) in [5, 5.41) is 31.0. The van der Waals surface area contributed by atoms with Gasteiger partial charge in [0.15, 0.2) is 6.10 Å². The molecule has 2 amide bonds. The Balaban J connectivity index is 1.71. The molecule has 0 saturated heterocycles. The van der Waals surface area contributed by atoms with Crippen LogP contribution < -0.4 is 20.6 Å². The summed E-state index contributed by atoms with van der Waals surface area (Å²) in [5.41, 5.74) is 5.51. The molecule has 17 heteroatoms. The first-order valence-electron chi connectivity index (χ1n) is 12.0. The molecule has 2 unspecified atom stereocenters. The first-order chi connectivity index (χ1) is 19.8. The van der Waals surface area contributed by atoms with Crippen LogP contribution in [0.4, 0.5) is 18.9 Å². The number of hydrogen-bond donors (Lipinski definition) is 4. The van der Waals surface area contributed by atoms with Crippen molar-refractivity contribution in [3.05, 3.63) is 64.6 Å². The molecule has 218 valence electrons. The Labute approximate surface area is 232 Å². The van der Waals surface area contributed by atoms with Crippen LogP contribution in [-0.4, -0.2) is 65.2 Å². The minimum atomic E-state index is -5.00. The summed E-state index contributed by atoms with van der Waals surface area (Å²) < 4.78 is 43.7. The lowest BCUT2D eigenvalue weighted by Gasteiger charge is -2.25. The van der Waals surface area contributed by atoms with Crippen molar-refractivity contribution < 1.29 is 47.3 Å². The average Bonchev–Trinajstić information content (AvgIpc) is 3.53. The smallest absolute Gasteiger partial charge is 0.478 e. The Hall–Kier alpha value is -5.45. The van der Waals surface area contributed by atoms with Crippen molar-refractivity contribution in [2.75, 3.05) is 5.32 Å². The standard InChI is InChI=1S/C25H20F3N7O7/c1-10-17(9-14-13-8-12(41-25(26,27)28)5-6-15(13)31-22(14)38)34(11(2)18(10)24(39)40)23(19(36)20(29)37)42-35-21-16(32-33-35)4-3-7-30-21/h3-9,19,23,36H,1-2H3,(H2,29,37)(H,31,38)(H,39,40)/b14-9-. The van der Waals surface area contributed by atoms with Gasteiger partial charge >= 0.3 is 12.3 Å². The molecule has 5 rings (SSSR count). The van der Waals surface area contributed by atoms with Crippen molar-refractivity contribution in [1.82, 2.24) is 24.7 Å². The molecule has 1 aliphatic heterocycles. The summed E-state index contributed by atoms with van der Waals surface area (Å²) in [6.07, 6.45) is -6.29. The summed E-state index contributed by atoms with van der Waals surface area (Å²) >= 11 is 0. The van der Waals surface area contributed by atoms with Gasteiger partial charge in [0.1, 0.15) is 11.3 Å². The fourth-order valence-corrected chi connectivity index (χ4v) is 4.65. The van der Waals surface area contributed by atoms with Crippen LogP contribution >= 0.6 is 0 Å². The summed E-state index contributed by atoms with van der Waals surface area (Å²) in [6, 6.07) is 6.35. The van der Waals surface area contributed by atoms with Crippen molar-refractivity contribution in [1.29, 1.82) is 0 Å². The molecular formula is C25H20F3N7O7. The highest BCUT2D eigenvalue weighted by Gasteiger charge is 2.37. The number of carbonyl (C=O) groups is 3. The van der Waals surface area contributed by atoms with Gasteiger partial charge in [-0.3, -0.25) is 9.59 Å². The van der Waals surface area contributed by atoms with Crippen LogP contribution in [0.1, 0.15) is 39.1 Å². The monoisotopic (exact) mass is 587 g/mol. The number of nitrogens with two attached hydrogens (primary N) is 1. The molecule has 3 aromatic heterocycles. The van der Waals surface area contributed by atoms with E-state index in [1.54, 1.807) is 12.1 Å². The summed E-state index contributed by atoms with van der Waals surface area (Å²) in [6.45, 7) is 2.76. The minimum absolute atomic E-state index is 0.0165. The van der Waals surface area contributed by atoms with Crippen molar-refractivity contribution in [3.8, 4) is 5.75 Å². The minimum Gasteiger partial charge on any atom is -0.478 e. The molecule has 1 aromatic carbocycles. The van der Waals surface area contributed by atoms with Gasteiger partial charge in [-0.2, -0.15) is 0 Å². The molecule has 4 heterocycles. The topological polar surface area (TPSA) is 197 Å². The van der Waals surface area contributed by atoms with E-state index >= 15 is 0 Å². The number of anilines is 1. The molecule has 0 bridgehead atoms. The quantitative estimate of drug-likeness (QED) is 0.221. The Kier molecular flexibility index (Phi) is 6.81. The number of carboxylic acid groups (broad SMARTS) is 1. The predicted molar refractivity (Wildman–Crippen MR) is 137 cm³/mol. The first kappa shape index (κ1) is 28.1. The number of aliphatic hydroxyl groups excluding tert-OH is 1. The highest BCUT2D eigenvalue weighted by Crippen LogP contribution is 2.39. The number of carboxylic acids is 1. The Morgan fingerprint density at radius 2 is 1.95 bits per heavy atom. The van der Waals surface area contributed by atoms with Crippen molar-refractivity contribution in [2.24, 2.45) is 5.73 Å². The van der Waals surface area contributed by atoms with Crippen molar-refractivity contribution >= 4 is 46.3 Å². The molecule has 2 atom stereocenters. The molecule has 0 fully saturated rings. The lowest BCUT2D eigenvalue weighted by atomic mass is 10.0. The Bertz CT molecular complexity index is 1790. The van der Waals surface area contributed by atoms with Gasteiger partial charge in [-0.1, -0.05) is 4.85 Å². The molecule has 42 heavy (non-hydrogen) atoms.